The molecule has 1 N–H and O–H groups in total. The Kier molecular flexibility index (Phi) is 3.37. The summed E-state index contributed by atoms with van der Waals surface area (Å²) in [5.41, 5.74) is 3.68. The van der Waals surface area contributed by atoms with E-state index in [0.29, 0.717) is 0 Å². The van der Waals surface area contributed by atoms with Crippen LogP contribution in [0.2, 0.25) is 0 Å². The number of aryl methyl sites for hydroxylation is 1. The Hall–Kier alpha value is -1.61. The zero-order chi connectivity index (χ0) is 11.4. The summed E-state index contributed by atoms with van der Waals surface area (Å²) in [7, 11) is 1.93. The van der Waals surface area contributed by atoms with Gasteiger partial charge in [-0.25, -0.2) is 4.98 Å². The highest BCUT2D eigenvalue weighted by Crippen LogP contribution is 2.06. The molecule has 0 aliphatic heterocycles. The number of rotatable bonds is 4. The molecule has 0 saturated heterocycles. The zero-order valence-corrected chi connectivity index (χ0v) is 9.77. The van der Waals surface area contributed by atoms with Crippen LogP contribution >= 0.6 is 0 Å². The molecule has 0 spiro atoms. The summed E-state index contributed by atoms with van der Waals surface area (Å²) in [6.45, 7) is 3.81. The summed E-state index contributed by atoms with van der Waals surface area (Å²) in [6, 6.07) is 8.60. The lowest BCUT2D eigenvalue weighted by Gasteiger charge is -2.02. The lowest BCUT2D eigenvalue weighted by atomic mass is 10.1. The largest absolute Gasteiger partial charge is 0.333 e. The molecule has 0 fully saturated rings. The molecule has 1 aromatic carbocycles. The molecule has 0 aliphatic rings. The molecule has 2 rings (SSSR count). The Balaban J connectivity index is 2.05. The van der Waals surface area contributed by atoms with Crippen LogP contribution < -0.4 is 5.32 Å². The third kappa shape index (κ3) is 2.70. The molecule has 0 amide bonds. The van der Waals surface area contributed by atoms with E-state index >= 15 is 0 Å². The highest BCUT2D eigenvalue weighted by atomic mass is 15.0. The van der Waals surface area contributed by atoms with Gasteiger partial charge in [0, 0.05) is 19.3 Å². The summed E-state index contributed by atoms with van der Waals surface area (Å²) in [5, 5.41) is 3.09. The summed E-state index contributed by atoms with van der Waals surface area (Å²) < 4.78 is 2.11. The molecule has 3 nitrogen and oxygen atoms in total. The van der Waals surface area contributed by atoms with Crippen molar-refractivity contribution in [3.8, 4) is 0 Å². The zero-order valence-electron chi connectivity index (χ0n) is 9.77. The summed E-state index contributed by atoms with van der Waals surface area (Å²) >= 11 is 0. The first-order chi connectivity index (χ1) is 7.78. The van der Waals surface area contributed by atoms with Crippen LogP contribution in [-0.2, 0) is 13.1 Å². The predicted octanol–water partition coefficient (Wildman–Crippen LogP) is 1.96. The second-order valence-corrected chi connectivity index (χ2v) is 4.05. The van der Waals surface area contributed by atoms with Crippen molar-refractivity contribution in [1.29, 1.82) is 0 Å². The minimum atomic E-state index is 0.820. The van der Waals surface area contributed by atoms with Crippen LogP contribution in [0.15, 0.2) is 36.8 Å². The van der Waals surface area contributed by atoms with Gasteiger partial charge in [-0.3, -0.25) is 0 Å². The Labute approximate surface area is 96.1 Å². The molecule has 16 heavy (non-hydrogen) atoms. The number of hydrogen-bond donors (Lipinski definition) is 1. The van der Waals surface area contributed by atoms with E-state index in [9.17, 15) is 0 Å². The van der Waals surface area contributed by atoms with E-state index in [4.69, 9.17) is 0 Å². The molecule has 2 aromatic rings. The smallest absolute Gasteiger partial charge is 0.0953 e. The van der Waals surface area contributed by atoms with Crippen molar-refractivity contribution in [2.45, 2.75) is 20.0 Å². The monoisotopic (exact) mass is 215 g/mol. The maximum Gasteiger partial charge on any atom is 0.0953 e. The van der Waals surface area contributed by atoms with E-state index in [-0.39, 0.29) is 0 Å². The maximum absolute atomic E-state index is 4.32. The van der Waals surface area contributed by atoms with E-state index in [0.717, 1.165) is 18.8 Å². The van der Waals surface area contributed by atoms with Gasteiger partial charge < -0.3 is 9.88 Å². The molecule has 0 atom stereocenters. The van der Waals surface area contributed by atoms with Gasteiger partial charge in [0.05, 0.1) is 12.0 Å². The molecule has 1 heterocycles. The molecule has 84 valence electrons. The molecular formula is C13H17N3. The molecule has 0 aliphatic carbocycles. The van der Waals surface area contributed by atoms with Crippen LogP contribution in [0.1, 0.15) is 16.8 Å². The molecule has 1 aromatic heterocycles. The van der Waals surface area contributed by atoms with Gasteiger partial charge in [0.1, 0.15) is 0 Å². The van der Waals surface area contributed by atoms with Crippen LogP contribution in [0, 0.1) is 6.92 Å². The minimum absolute atomic E-state index is 0.820. The second-order valence-electron chi connectivity index (χ2n) is 4.05. The summed E-state index contributed by atoms with van der Waals surface area (Å²) in [5.74, 6) is 0. The normalized spacial score (nSPS) is 10.6. The van der Waals surface area contributed by atoms with Crippen molar-refractivity contribution in [1.82, 2.24) is 14.9 Å². The number of aromatic nitrogens is 2. The molecule has 0 radical (unpaired) electrons. The van der Waals surface area contributed by atoms with E-state index in [1.165, 1.54) is 11.1 Å². The number of hydrogen-bond acceptors (Lipinski definition) is 2. The SMILES string of the molecule is CNCc1cn(Cc2ccc(C)cc2)cn1. The van der Waals surface area contributed by atoms with E-state index in [1.54, 1.807) is 0 Å². The standard InChI is InChI=1S/C13H17N3/c1-11-3-5-12(6-4-11)8-16-9-13(7-14-2)15-10-16/h3-6,9-10,14H,7-8H2,1-2H3. The first kappa shape index (κ1) is 10.9. The van der Waals surface area contributed by atoms with E-state index in [2.05, 4.69) is 52.3 Å². The van der Waals surface area contributed by atoms with Crippen LogP contribution in [0.5, 0.6) is 0 Å². The van der Waals surface area contributed by atoms with Crippen molar-refractivity contribution >= 4 is 0 Å². The average molecular weight is 215 g/mol. The fourth-order valence-electron chi connectivity index (χ4n) is 1.67. The van der Waals surface area contributed by atoms with E-state index in [1.807, 2.05) is 13.4 Å². The van der Waals surface area contributed by atoms with Gasteiger partial charge in [-0.15, -0.1) is 0 Å². The quantitative estimate of drug-likeness (QED) is 0.845. The average Bonchev–Trinajstić information content (AvgIpc) is 2.70. The van der Waals surface area contributed by atoms with Gasteiger partial charge in [0.2, 0.25) is 0 Å². The molecule has 0 saturated carbocycles. The van der Waals surface area contributed by atoms with E-state index < -0.39 is 0 Å². The van der Waals surface area contributed by atoms with Crippen molar-refractivity contribution in [2.24, 2.45) is 0 Å². The maximum atomic E-state index is 4.32. The van der Waals surface area contributed by atoms with Gasteiger partial charge in [0.25, 0.3) is 0 Å². The Morgan fingerprint density at radius 3 is 2.69 bits per heavy atom. The topological polar surface area (TPSA) is 29.9 Å². The summed E-state index contributed by atoms with van der Waals surface area (Å²) in [6.07, 6.45) is 3.96. The number of nitrogens with one attached hydrogen (secondary N) is 1. The summed E-state index contributed by atoms with van der Waals surface area (Å²) in [4.78, 5) is 4.32. The van der Waals surface area contributed by atoms with Crippen molar-refractivity contribution in [2.75, 3.05) is 7.05 Å². The van der Waals surface area contributed by atoms with Crippen molar-refractivity contribution < 1.29 is 0 Å². The Morgan fingerprint density at radius 2 is 2.00 bits per heavy atom. The van der Waals surface area contributed by atoms with Gasteiger partial charge in [-0.05, 0) is 19.5 Å². The van der Waals surface area contributed by atoms with Crippen molar-refractivity contribution in [3.05, 3.63) is 53.6 Å². The molecular weight excluding hydrogens is 198 g/mol. The fraction of sp³-hybridized carbons (Fsp3) is 0.308. The fourth-order valence-corrected chi connectivity index (χ4v) is 1.67. The van der Waals surface area contributed by atoms with Gasteiger partial charge in [-0.1, -0.05) is 29.8 Å². The highest BCUT2D eigenvalue weighted by Gasteiger charge is 1.98. The van der Waals surface area contributed by atoms with Crippen LogP contribution in [0.4, 0.5) is 0 Å². The van der Waals surface area contributed by atoms with Gasteiger partial charge in [0.15, 0.2) is 0 Å². The second kappa shape index (κ2) is 4.94. The third-order valence-electron chi connectivity index (χ3n) is 2.53. The highest BCUT2D eigenvalue weighted by molar-refractivity contribution is 5.21. The van der Waals surface area contributed by atoms with Crippen LogP contribution in [-0.4, -0.2) is 16.6 Å². The lowest BCUT2D eigenvalue weighted by Crippen LogP contribution is -2.05. The first-order valence-electron chi connectivity index (χ1n) is 5.49. The number of benzene rings is 1. The molecule has 3 heteroatoms. The Bertz CT molecular complexity index is 442. The lowest BCUT2D eigenvalue weighted by molar-refractivity contribution is 0.782. The van der Waals surface area contributed by atoms with Crippen LogP contribution in [0.3, 0.4) is 0 Å². The molecule has 0 bridgehead atoms. The first-order valence-corrected chi connectivity index (χ1v) is 5.49. The third-order valence-corrected chi connectivity index (χ3v) is 2.53. The van der Waals surface area contributed by atoms with Gasteiger partial charge in [-0.2, -0.15) is 0 Å². The minimum Gasteiger partial charge on any atom is -0.333 e. The number of imidazole rings is 1. The predicted molar refractivity (Wildman–Crippen MR) is 65.3 cm³/mol. The number of nitrogens with zero attached hydrogens (tertiary/aromatic N) is 2. The molecule has 0 unspecified atom stereocenters. The van der Waals surface area contributed by atoms with Crippen molar-refractivity contribution in [3.63, 3.8) is 0 Å². The Morgan fingerprint density at radius 1 is 1.25 bits per heavy atom. The van der Waals surface area contributed by atoms with Gasteiger partial charge >= 0.3 is 0 Å². The van der Waals surface area contributed by atoms with Crippen LogP contribution in [0.25, 0.3) is 0 Å².